The number of benzene rings is 1. The van der Waals surface area contributed by atoms with E-state index in [0.29, 0.717) is 13.2 Å². The van der Waals surface area contributed by atoms with Crippen LogP contribution in [0.1, 0.15) is 37.8 Å². The van der Waals surface area contributed by atoms with Gasteiger partial charge < -0.3 is 19.7 Å². The van der Waals surface area contributed by atoms with Crippen LogP contribution in [0.2, 0.25) is 0 Å². The Kier molecular flexibility index (Phi) is 6.26. The van der Waals surface area contributed by atoms with Gasteiger partial charge in [0.05, 0.1) is 26.2 Å². The molecule has 1 aromatic rings. The fraction of sp³-hybridized carbons (Fsp3) is 0.529. The predicted molar refractivity (Wildman–Crippen MR) is 86.3 cm³/mol. The summed E-state index contributed by atoms with van der Waals surface area (Å²) in [6, 6.07) is 7.74. The molecule has 23 heavy (non-hydrogen) atoms. The molecular formula is C17H24N2O4. The van der Waals surface area contributed by atoms with Gasteiger partial charge in [0.1, 0.15) is 5.75 Å². The zero-order chi connectivity index (χ0) is 16.7. The fourth-order valence-corrected chi connectivity index (χ4v) is 2.79. The third kappa shape index (κ3) is 4.61. The summed E-state index contributed by atoms with van der Waals surface area (Å²) >= 11 is 0. The van der Waals surface area contributed by atoms with E-state index in [2.05, 4.69) is 5.32 Å². The minimum absolute atomic E-state index is 0.0727. The summed E-state index contributed by atoms with van der Waals surface area (Å²) < 4.78 is 10.0. The van der Waals surface area contributed by atoms with Gasteiger partial charge in [0.25, 0.3) is 0 Å². The highest BCUT2D eigenvalue weighted by atomic mass is 16.5. The number of hydrogen-bond acceptors (Lipinski definition) is 4. The maximum atomic E-state index is 12.3. The molecule has 0 unspecified atom stereocenters. The number of carbonyl (C=O) groups is 2. The van der Waals surface area contributed by atoms with Crippen molar-refractivity contribution in [3.63, 3.8) is 0 Å². The highest BCUT2D eigenvalue weighted by Crippen LogP contribution is 2.32. The molecule has 126 valence electrons. The first-order chi connectivity index (χ1) is 11.2. The van der Waals surface area contributed by atoms with E-state index < -0.39 is 0 Å². The number of nitrogens with zero attached hydrogens (tertiary/aromatic N) is 1. The van der Waals surface area contributed by atoms with Crippen molar-refractivity contribution in [2.24, 2.45) is 0 Å². The Morgan fingerprint density at radius 3 is 2.70 bits per heavy atom. The van der Waals surface area contributed by atoms with Gasteiger partial charge in [0.2, 0.25) is 0 Å². The Morgan fingerprint density at radius 2 is 2.04 bits per heavy atom. The molecule has 0 spiro atoms. The summed E-state index contributed by atoms with van der Waals surface area (Å²) in [5.74, 6) is 0.512. The second-order valence-electron chi connectivity index (χ2n) is 5.41. The molecule has 0 saturated carbocycles. The first-order valence-corrected chi connectivity index (χ1v) is 7.99. The molecule has 0 aliphatic carbocycles. The summed E-state index contributed by atoms with van der Waals surface area (Å²) in [5.41, 5.74) is 1.10. The monoisotopic (exact) mass is 320 g/mol. The van der Waals surface area contributed by atoms with Crippen LogP contribution in [0.4, 0.5) is 4.79 Å². The van der Waals surface area contributed by atoms with Gasteiger partial charge in [-0.3, -0.25) is 4.79 Å². The van der Waals surface area contributed by atoms with Crippen LogP contribution >= 0.6 is 0 Å². The van der Waals surface area contributed by atoms with Crippen LogP contribution in [0, 0.1) is 0 Å². The van der Waals surface area contributed by atoms with E-state index in [1.54, 1.807) is 14.0 Å². The van der Waals surface area contributed by atoms with E-state index in [1.165, 1.54) is 0 Å². The quantitative estimate of drug-likeness (QED) is 0.818. The molecule has 0 bridgehead atoms. The molecule has 1 atom stereocenters. The average molecular weight is 320 g/mol. The number of likely N-dealkylation sites (tertiary alicyclic amines) is 1. The van der Waals surface area contributed by atoms with Crippen molar-refractivity contribution in [1.29, 1.82) is 0 Å². The van der Waals surface area contributed by atoms with Crippen LogP contribution in [0.5, 0.6) is 5.75 Å². The lowest BCUT2D eigenvalue weighted by Gasteiger charge is -2.25. The third-order valence-electron chi connectivity index (χ3n) is 3.92. The Balaban J connectivity index is 1.89. The summed E-state index contributed by atoms with van der Waals surface area (Å²) in [4.78, 5) is 25.4. The van der Waals surface area contributed by atoms with Crippen LogP contribution in [-0.4, -0.2) is 43.7 Å². The molecule has 6 heteroatoms. The number of methoxy groups -OCH3 is 1. The molecule has 6 nitrogen and oxygen atoms in total. The first kappa shape index (κ1) is 17.1. The van der Waals surface area contributed by atoms with E-state index in [4.69, 9.17) is 9.47 Å². The summed E-state index contributed by atoms with van der Waals surface area (Å²) in [7, 11) is 1.63. The number of amides is 2. The van der Waals surface area contributed by atoms with Crippen LogP contribution in [0.25, 0.3) is 0 Å². The maximum Gasteiger partial charge on any atom is 0.317 e. The Labute approximate surface area is 136 Å². The van der Waals surface area contributed by atoms with Gasteiger partial charge in [-0.25, -0.2) is 4.79 Å². The lowest BCUT2D eigenvalue weighted by atomic mass is 10.0. The van der Waals surface area contributed by atoms with Crippen LogP contribution < -0.4 is 10.1 Å². The number of nitrogens with one attached hydrogen (secondary N) is 1. The van der Waals surface area contributed by atoms with Crippen molar-refractivity contribution < 1.29 is 19.1 Å². The number of rotatable bonds is 6. The second kappa shape index (κ2) is 8.41. The highest BCUT2D eigenvalue weighted by molar-refractivity contribution is 5.76. The molecule has 1 N–H and O–H groups in total. The zero-order valence-electron chi connectivity index (χ0n) is 13.7. The smallest absolute Gasteiger partial charge is 0.317 e. The van der Waals surface area contributed by atoms with Gasteiger partial charge in [-0.05, 0) is 37.5 Å². The van der Waals surface area contributed by atoms with Crippen molar-refractivity contribution >= 4 is 12.0 Å². The van der Waals surface area contributed by atoms with Gasteiger partial charge in [-0.1, -0.05) is 12.1 Å². The van der Waals surface area contributed by atoms with E-state index in [1.807, 2.05) is 29.2 Å². The molecule has 1 aliphatic rings. The topological polar surface area (TPSA) is 67.9 Å². The van der Waals surface area contributed by atoms with Crippen LogP contribution in [-0.2, 0) is 9.53 Å². The van der Waals surface area contributed by atoms with Crippen LogP contribution in [0.3, 0.4) is 0 Å². The number of esters is 1. The van der Waals surface area contributed by atoms with Gasteiger partial charge in [-0.2, -0.15) is 0 Å². The van der Waals surface area contributed by atoms with E-state index in [-0.39, 0.29) is 24.5 Å². The molecule has 1 aliphatic heterocycles. The van der Waals surface area contributed by atoms with Crippen molar-refractivity contribution in [2.45, 2.75) is 32.2 Å². The Morgan fingerprint density at radius 1 is 1.30 bits per heavy atom. The number of carbonyl (C=O) groups excluding carboxylic acids is 2. The van der Waals surface area contributed by atoms with Crippen molar-refractivity contribution in [3.8, 4) is 5.75 Å². The first-order valence-electron chi connectivity index (χ1n) is 7.99. The van der Waals surface area contributed by atoms with Crippen molar-refractivity contribution in [2.75, 3.05) is 26.8 Å². The van der Waals surface area contributed by atoms with E-state index in [0.717, 1.165) is 30.7 Å². The Bertz CT molecular complexity index is 530. The van der Waals surface area contributed by atoms with E-state index >= 15 is 0 Å². The number of ether oxygens (including phenoxy) is 2. The lowest BCUT2D eigenvalue weighted by molar-refractivity contribution is -0.142. The van der Waals surface area contributed by atoms with Crippen LogP contribution in [0.15, 0.2) is 24.3 Å². The molecule has 0 radical (unpaired) electrons. The van der Waals surface area contributed by atoms with E-state index in [9.17, 15) is 9.59 Å². The normalized spacial score (nSPS) is 17.0. The van der Waals surface area contributed by atoms with Gasteiger partial charge in [-0.15, -0.1) is 0 Å². The molecule has 1 fully saturated rings. The Hall–Kier alpha value is -2.24. The second-order valence-corrected chi connectivity index (χ2v) is 5.41. The summed E-state index contributed by atoms with van der Waals surface area (Å²) in [6.07, 6.45) is 2.11. The molecule has 0 aromatic heterocycles. The van der Waals surface area contributed by atoms with Crippen molar-refractivity contribution in [1.82, 2.24) is 10.2 Å². The molecule has 1 aromatic carbocycles. The number of hydrogen-bond donors (Lipinski definition) is 1. The van der Waals surface area contributed by atoms with Gasteiger partial charge >= 0.3 is 12.0 Å². The average Bonchev–Trinajstić information content (AvgIpc) is 3.05. The SMILES string of the molecule is CCOC(=O)CCNC(=O)N1CCC[C@H]1c1ccc(OC)cc1. The molecule has 2 amide bonds. The van der Waals surface area contributed by atoms with Crippen molar-refractivity contribution in [3.05, 3.63) is 29.8 Å². The largest absolute Gasteiger partial charge is 0.497 e. The number of urea groups is 1. The molecule has 2 rings (SSSR count). The molecule has 1 saturated heterocycles. The molecule has 1 heterocycles. The lowest BCUT2D eigenvalue weighted by Crippen LogP contribution is -2.40. The highest BCUT2D eigenvalue weighted by Gasteiger charge is 2.29. The third-order valence-corrected chi connectivity index (χ3v) is 3.92. The standard InChI is InChI=1S/C17H24N2O4/c1-3-23-16(20)10-11-18-17(21)19-12-4-5-15(19)13-6-8-14(22-2)9-7-13/h6-9,15H,3-5,10-12H2,1-2H3,(H,18,21)/t15-/m0/s1. The summed E-state index contributed by atoms with van der Waals surface area (Å²) in [5, 5.41) is 2.80. The zero-order valence-corrected chi connectivity index (χ0v) is 13.7. The minimum Gasteiger partial charge on any atom is -0.497 e. The van der Waals surface area contributed by atoms with Gasteiger partial charge in [0.15, 0.2) is 0 Å². The molecular weight excluding hydrogens is 296 g/mol. The summed E-state index contributed by atoms with van der Waals surface area (Å²) in [6.45, 7) is 3.14. The predicted octanol–water partition coefficient (Wildman–Crippen LogP) is 2.49. The minimum atomic E-state index is -0.291. The van der Waals surface area contributed by atoms with Gasteiger partial charge in [0, 0.05) is 13.1 Å². The maximum absolute atomic E-state index is 12.3. The fourth-order valence-electron chi connectivity index (χ4n) is 2.79.